The number of aryl methyl sites for hydroxylation is 1. The predicted molar refractivity (Wildman–Crippen MR) is 111 cm³/mol. The fraction of sp³-hybridized carbons (Fsp3) is 0.381. The summed E-state index contributed by atoms with van der Waals surface area (Å²) >= 11 is 0. The van der Waals surface area contributed by atoms with E-state index < -0.39 is 27.1 Å². The third-order valence-corrected chi connectivity index (χ3v) is 6.92. The second-order valence-electron chi connectivity index (χ2n) is 8.04. The van der Waals surface area contributed by atoms with E-state index in [1.165, 1.54) is 12.1 Å². The fourth-order valence-corrected chi connectivity index (χ4v) is 4.67. The maximum atomic E-state index is 12.8. The first kappa shape index (κ1) is 22.2. The summed E-state index contributed by atoms with van der Waals surface area (Å²) in [7, 11) is -4.42. The second-order valence-corrected chi connectivity index (χ2v) is 9.75. The van der Waals surface area contributed by atoms with Gasteiger partial charge in [-0.25, -0.2) is 13.4 Å². The first-order valence-electron chi connectivity index (χ1n) is 9.95. The molecule has 1 N–H and O–H groups in total. The van der Waals surface area contributed by atoms with Gasteiger partial charge >= 0.3 is 6.18 Å². The summed E-state index contributed by atoms with van der Waals surface area (Å²) in [5, 5.41) is 10.5. The largest absolute Gasteiger partial charge is 0.404 e. The number of fused-ring (bicyclic) bond motifs is 1. The van der Waals surface area contributed by atoms with E-state index in [1.54, 1.807) is 10.9 Å². The topological polar surface area (TPSA) is 101 Å². The molecular formula is C21H20F3N5O2S. The molecule has 7 nitrogen and oxygen atoms in total. The Labute approximate surface area is 183 Å². The summed E-state index contributed by atoms with van der Waals surface area (Å²) in [5.74, 6) is 0.465. The maximum absolute atomic E-state index is 12.8. The maximum Gasteiger partial charge on any atom is 0.404 e. The van der Waals surface area contributed by atoms with Crippen molar-refractivity contribution in [3.05, 3.63) is 41.7 Å². The van der Waals surface area contributed by atoms with Crippen molar-refractivity contribution in [3.8, 4) is 17.5 Å². The molecule has 0 bridgehead atoms. The molecule has 0 saturated heterocycles. The van der Waals surface area contributed by atoms with Crippen molar-refractivity contribution in [2.75, 3.05) is 0 Å². The Bertz CT molecular complexity index is 1320. The van der Waals surface area contributed by atoms with Gasteiger partial charge in [-0.3, -0.25) is 4.98 Å². The number of alkyl halides is 3. The lowest BCUT2D eigenvalue weighted by molar-refractivity contribution is -0.147. The highest BCUT2D eigenvalue weighted by Crippen LogP contribution is 2.37. The van der Waals surface area contributed by atoms with Crippen LogP contribution in [-0.4, -0.2) is 35.2 Å². The van der Waals surface area contributed by atoms with E-state index in [1.807, 2.05) is 17.6 Å². The molecule has 0 unspecified atom stereocenters. The van der Waals surface area contributed by atoms with Crippen LogP contribution in [0.5, 0.6) is 0 Å². The Hall–Kier alpha value is -2.97. The van der Waals surface area contributed by atoms with Crippen LogP contribution in [0.25, 0.3) is 22.4 Å². The minimum atomic E-state index is -4.71. The molecule has 168 valence electrons. The number of halogens is 3. The number of nitriles is 1. The zero-order chi connectivity index (χ0) is 23.3. The van der Waals surface area contributed by atoms with Crippen molar-refractivity contribution in [3.63, 3.8) is 0 Å². The lowest BCUT2D eigenvalue weighted by atomic mass is 10.1. The predicted octanol–water partition coefficient (Wildman–Crippen LogP) is 3.92. The van der Waals surface area contributed by atoms with Crippen LogP contribution in [0.15, 0.2) is 35.5 Å². The van der Waals surface area contributed by atoms with Gasteiger partial charge in [0.05, 0.1) is 17.0 Å². The number of hydrogen-bond acceptors (Lipinski definition) is 5. The smallest absolute Gasteiger partial charge is 0.323 e. The number of pyridine rings is 2. The monoisotopic (exact) mass is 463 g/mol. The van der Waals surface area contributed by atoms with Crippen LogP contribution in [0.3, 0.4) is 0 Å². The van der Waals surface area contributed by atoms with Crippen molar-refractivity contribution >= 4 is 21.1 Å². The van der Waals surface area contributed by atoms with Gasteiger partial charge in [0.15, 0.2) is 0 Å². The number of hydrogen-bond donors (Lipinski definition) is 1. The summed E-state index contributed by atoms with van der Waals surface area (Å²) in [6.45, 7) is 3.25. The van der Waals surface area contributed by atoms with Crippen molar-refractivity contribution in [1.82, 2.24) is 19.3 Å². The molecule has 0 aliphatic heterocycles. The number of aromatic nitrogens is 3. The zero-order valence-electron chi connectivity index (χ0n) is 17.3. The summed E-state index contributed by atoms with van der Waals surface area (Å²) in [6, 6.07) is 4.42. The van der Waals surface area contributed by atoms with E-state index in [4.69, 9.17) is 0 Å². The molecule has 1 aliphatic carbocycles. The molecule has 0 aromatic carbocycles. The highest BCUT2D eigenvalue weighted by atomic mass is 32.2. The molecule has 0 spiro atoms. The summed E-state index contributed by atoms with van der Waals surface area (Å²) in [4.78, 5) is 8.31. The molecular weight excluding hydrogens is 443 g/mol. The molecule has 3 heterocycles. The van der Waals surface area contributed by atoms with Crippen molar-refractivity contribution in [2.45, 2.75) is 50.3 Å². The third-order valence-electron chi connectivity index (χ3n) is 5.40. The van der Waals surface area contributed by atoms with Gasteiger partial charge in [-0.15, -0.1) is 0 Å². The molecule has 0 amide bonds. The standard InChI is InChI=1S/C21H20F3N5O2S/c1-12-7-16-17(8-25)19(29(11-14-3-4-14)20(16)27-9-12)18-6-5-15(10-26-18)32(30,31)28-13(2)21(22,23)24/h5-7,9-10,13-14,28H,3-4,11H2,1-2H3/t13-/m0/s1. The van der Waals surface area contributed by atoms with Gasteiger partial charge in [0, 0.05) is 24.3 Å². The highest BCUT2D eigenvalue weighted by Gasteiger charge is 2.39. The molecule has 32 heavy (non-hydrogen) atoms. The lowest BCUT2D eigenvalue weighted by Crippen LogP contribution is -2.42. The van der Waals surface area contributed by atoms with Gasteiger partial charge in [0.2, 0.25) is 10.0 Å². The Kier molecular flexibility index (Phi) is 5.46. The second kappa shape index (κ2) is 7.86. The number of nitrogens with zero attached hydrogens (tertiary/aromatic N) is 4. The number of sulfonamides is 1. The van der Waals surface area contributed by atoms with E-state index >= 15 is 0 Å². The quantitative estimate of drug-likeness (QED) is 0.597. The van der Waals surface area contributed by atoms with Crippen LogP contribution in [0.4, 0.5) is 13.2 Å². The van der Waals surface area contributed by atoms with Gasteiger partial charge in [0.25, 0.3) is 0 Å². The van der Waals surface area contributed by atoms with E-state index in [-0.39, 0.29) is 0 Å². The fourth-order valence-electron chi connectivity index (χ4n) is 3.49. The number of nitrogens with one attached hydrogen (secondary N) is 1. The van der Waals surface area contributed by atoms with Crippen LogP contribution in [0, 0.1) is 24.2 Å². The molecule has 11 heteroatoms. The molecule has 1 saturated carbocycles. The minimum absolute atomic E-state index is 0.348. The normalized spacial score (nSPS) is 15.6. The Morgan fingerprint density at radius 3 is 2.56 bits per heavy atom. The number of rotatable bonds is 6. The van der Waals surface area contributed by atoms with Crippen molar-refractivity contribution in [2.24, 2.45) is 5.92 Å². The Morgan fingerprint density at radius 2 is 2.00 bits per heavy atom. The van der Waals surface area contributed by atoms with E-state index in [9.17, 15) is 26.9 Å². The van der Waals surface area contributed by atoms with Gasteiger partial charge in [0.1, 0.15) is 22.7 Å². The minimum Gasteiger partial charge on any atom is -0.323 e. The van der Waals surface area contributed by atoms with Gasteiger partial charge in [-0.1, -0.05) is 0 Å². The van der Waals surface area contributed by atoms with Crippen LogP contribution < -0.4 is 4.72 Å². The van der Waals surface area contributed by atoms with Crippen LogP contribution in [0.2, 0.25) is 0 Å². The van der Waals surface area contributed by atoms with E-state index in [2.05, 4.69) is 16.0 Å². The van der Waals surface area contributed by atoms with Gasteiger partial charge in [-0.05, 0) is 56.4 Å². The summed E-state index contributed by atoms with van der Waals surface area (Å²) < 4.78 is 66.5. The summed E-state index contributed by atoms with van der Waals surface area (Å²) in [5.41, 5.74) is 2.79. The van der Waals surface area contributed by atoms with Crippen LogP contribution in [0.1, 0.15) is 30.9 Å². The first-order valence-corrected chi connectivity index (χ1v) is 11.4. The highest BCUT2D eigenvalue weighted by molar-refractivity contribution is 7.89. The average Bonchev–Trinajstić information content (AvgIpc) is 3.48. The molecule has 1 aliphatic rings. The molecule has 1 fully saturated rings. The van der Waals surface area contributed by atoms with E-state index in [0.29, 0.717) is 40.4 Å². The zero-order valence-corrected chi connectivity index (χ0v) is 18.1. The molecule has 3 aromatic heterocycles. The first-order chi connectivity index (χ1) is 15.0. The summed E-state index contributed by atoms with van der Waals surface area (Å²) in [6.07, 6.45) is 0.144. The third kappa shape index (κ3) is 4.20. The molecule has 3 aromatic rings. The SMILES string of the molecule is Cc1cnc2c(c1)c(C#N)c(-c1ccc(S(=O)(=O)N[C@@H](C)C(F)(F)F)cn1)n2CC1CC1. The Balaban J connectivity index is 1.77. The average molecular weight is 463 g/mol. The Morgan fingerprint density at radius 1 is 1.28 bits per heavy atom. The van der Waals surface area contributed by atoms with Crippen LogP contribution >= 0.6 is 0 Å². The van der Waals surface area contributed by atoms with Crippen molar-refractivity contribution < 1.29 is 21.6 Å². The van der Waals surface area contributed by atoms with Crippen LogP contribution in [-0.2, 0) is 16.6 Å². The van der Waals surface area contributed by atoms with Crippen molar-refractivity contribution in [1.29, 1.82) is 5.26 Å². The van der Waals surface area contributed by atoms with Gasteiger partial charge in [-0.2, -0.15) is 23.2 Å². The molecule has 4 rings (SSSR count). The van der Waals surface area contributed by atoms with E-state index in [0.717, 1.165) is 31.5 Å². The lowest BCUT2D eigenvalue weighted by Gasteiger charge is -2.17. The molecule has 0 radical (unpaired) electrons. The molecule has 1 atom stereocenters. The van der Waals surface area contributed by atoms with Gasteiger partial charge < -0.3 is 4.57 Å².